The summed E-state index contributed by atoms with van der Waals surface area (Å²) in [6, 6.07) is 5.79. The predicted octanol–water partition coefficient (Wildman–Crippen LogP) is 1.90. The van der Waals surface area contributed by atoms with Crippen molar-refractivity contribution < 1.29 is 14.6 Å². The lowest BCUT2D eigenvalue weighted by molar-refractivity contribution is -0.131. The second-order valence-electron chi connectivity index (χ2n) is 4.84. The van der Waals surface area contributed by atoms with Crippen molar-refractivity contribution >= 4 is 23.5 Å². The molecule has 0 bridgehead atoms. The van der Waals surface area contributed by atoms with Crippen LogP contribution in [0.5, 0.6) is 0 Å². The Bertz CT molecular complexity index is 663. The normalized spacial score (nSPS) is 12.9. The minimum atomic E-state index is -0.987. The number of aliphatic carboxylic acids is 1. The van der Waals surface area contributed by atoms with Crippen LogP contribution in [0.3, 0.4) is 0 Å². The van der Waals surface area contributed by atoms with Gasteiger partial charge in [-0.15, -0.1) is 0 Å². The van der Waals surface area contributed by atoms with Crippen LogP contribution in [0.1, 0.15) is 12.6 Å². The maximum absolute atomic E-state index is 10.8. The Kier molecular flexibility index (Phi) is 4.59. The fourth-order valence-corrected chi connectivity index (χ4v) is 2.13. The number of fused-ring (bicyclic) bond motifs is 1. The molecule has 0 saturated carbocycles. The van der Waals surface area contributed by atoms with E-state index in [1.807, 2.05) is 47.7 Å². The van der Waals surface area contributed by atoms with E-state index in [-0.39, 0.29) is 6.04 Å². The van der Waals surface area contributed by atoms with Crippen LogP contribution in [-0.4, -0.2) is 47.3 Å². The summed E-state index contributed by atoms with van der Waals surface area (Å²) in [6.07, 6.45) is 4.55. The highest BCUT2D eigenvalue weighted by atomic mass is 16.5. The molecule has 1 unspecified atom stereocenters. The zero-order chi connectivity index (χ0) is 15.4. The molecule has 6 nitrogen and oxygen atoms in total. The summed E-state index contributed by atoms with van der Waals surface area (Å²) in [4.78, 5) is 17.4. The molecule has 2 rings (SSSR count). The quantitative estimate of drug-likeness (QED) is 0.823. The molecule has 0 aliphatic rings. The summed E-state index contributed by atoms with van der Waals surface area (Å²) in [5, 5.41) is 8.86. The van der Waals surface area contributed by atoms with Crippen LogP contribution in [0.15, 0.2) is 30.5 Å². The van der Waals surface area contributed by atoms with E-state index in [1.54, 1.807) is 13.2 Å². The summed E-state index contributed by atoms with van der Waals surface area (Å²) >= 11 is 0. The van der Waals surface area contributed by atoms with Crippen LogP contribution < -0.4 is 4.90 Å². The van der Waals surface area contributed by atoms with Crippen LogP contribution in [0.25, 0.3) is 11.7 Å². The number of ether oxygens (including phenoxy) is 1. The van der Waals surface area contributed by atoms with Gasteiger partial charge < -0.3 is 14.7 Å². The Morgan fingerprint density at radius 1 is 1.57 bits per heavy atom. The molecule has 6 heteroatoms. The molecule has 0 radical (unpaired) electrons. The van der Waals surface area contributed by atoms with E-state index in [0.717, 1.165) is 23.2 Å². The maximum Gasteiger partial charge on any atom is 0.328 e. The van der Waals surface area contributed by atoms with Gasteiger partial charge in [-0.25, -0.2) is 9.78 Å². The summed E-state index contributed by atoms with van der Waals surface area (Å²) in [7, 11) is 3.57. The van der Waals surface area contributed by atoms with E-state index in [4.69, 9.17) is 9.84 Å². The molecule has 112 valence electrons. The lowest BCUT2D eigenvalue weighted by atomic mass is 10.3. The lowest BCUT2D eigenvalue weighted by Gasteiger charge is -2.24. The zero-order valence-electron chi connectivity index (χ0n) is 12.4. The minimum absolute atomic E-state index is 0.122. The van der Waals surface area contributed by atoms with Crippen molar-refractivity contribution in [2.24, 2.45) is 0 Å². The smallest absolute Gasteiger partial charge is 0.328 e. The molecule has 21 heavy (non-hydrogen) atoms. The standard InChI is InChI=1S/C15H19N3O3/c1-11(10-21-3)17(2)15-12(7-8-14(19)20)18-9-5-4-6-13(18)16-15/h4-9,11H,10H2,1-3H3,(H,19,20). The Morgan fingerprint density at radius 3 is 3.00 bits per heavy atom. The zero-order valence-corrected chi connectivity index (χ0v) is 12.4. The molecule has 1 atom stereocenters. The van der Waals surface area contributed by atoms with Crippen LogP contribution in [0.4, 0.5) is 5.82 Å². The van der Waals surface area contributed by atoms with Crippen molar-refractivity contribution in [3.8, 4) is 0 Å². The lowest BCUT2D eigenvalue weighted by Crippen LogP contribution is -2.33. The number of nitrogens with zero attached hydrogens (tertiary/aromatic N) is 3. The van der Waals surface area contributed by atoms with E-state index in [0.29, 0.717) is 6.61 Å². The number of carboxylic acids is 1. The van der Waals surface area contributed by atoms with Gasteiger partial charge in [-0.05, 0) is 25.1 Å². The van der Waals surface area contributed by atoms with Gasteiger partial charge in [0.1, 0.15) is 5.65 Å². The van der Waals surface area contributed by atoms with Gasteiger partial charge in [0, 0.05) is 26.4 Å². The van der Waals surface area contributed by atoms with Gasteiger partial charge in [0.05, 0.1) is 18.3 Å². The molecule has 0 aliphatic carbocycles. The number of pyridine rings is 1. The Hall–Kier alpha value is -2.34. The Labute approximate surface area is 123 Å². The van der Waals surface area contributed by atoms with Crippen molar-refractivity contribution in [1.29, 1.82) is 0 Å². The second-order valence-corrected chi connectivity index (χ2v) is 4.84. The predicted molar refractivity (Wildman–Crippen MR) is 81.6 cm³/mol. The number of rotatable bonds is 6. The minimum Gasteiger partial charge on any atom is -0.478 e. The van der Waals surface area contributed by atoms with Gasteiger partial charge in [0.2, 0.25) is 0 Å². The SMILES string of the molecule is COCC(C)N(C)c1nc2ccccn2c1C=CC(=O)O. The fourth-order valence-electron chi connectivity index (χ4n) is 2.13. The third-order valence-electron chi connectivity index (χ3n) is 3.33. The first-order valence-electron chi connectivity index (χ1n) is 6.64. The number of carboxylic acid groups (broad SMARTS) is 1. The van der Waals surface area contributed by atoms with E-state index >= 15 is 0 Å². The molecular weight excluding hydrogens is 270 g/mol. The van der Waals surface area contributed by atoms with Gasteiger partial charge >= 0.3 is 5.97 Å². The van der Waals surface area contributed by atoms with Crippen LogP contribution in [-0.2, 0) is 9.53 Å². The molecule has 0 aliphatic heterocycles. The van der Waals surface area contributed by atoms with Crippen molar-refractivity contribution in [3.05, 3.63) is 36.2 Å². The number of aromatic nitrogens is 2. The fraction of sp³-hybridized carbons (Fsp3) is 0.333. The highest BCUT2D eigenvalue weighted by Crippen LogP contribution is 2.23. The molecule has 0 aromatic carbocycles. The van der Waals surface area contributed by atoms with E-state index in [9.17, 15) is 4.79 Å². The maximum atomic E-state index is 10.8. The molecule has 0 fully saturated rings. The van der Waals surface area contributed by atoms with Crippen LogP contribution >= 0.6 is 0 Å². The number of hydrogen-bond donors (Lipinski definition) is 1. The molecule has 0 saturated heterocycles. The van der Waals surface area contributed by atoms with E-state index in [1.165, 1.54) is 0 Å². The van der Waals surface area contributed by atoms with Crippen molar-refractivity contribution in [2.45, 2.75) is 13.0 Å². The van der Waals surface area contributed by atoms with E-state index < -0.39 is 5.97 Å². The van der Waals surface area contributed by atoms with Gasteiger partial charge in [0.15, 0.2) is 5.82 Å². The number of carbonyl (C=O) groups is 1. The molecule has 0 amide bonds. The Morgan fingerprint density at radius 2 is 2.33 bits per heavy atom. The third-order valence-corrected chi connectivity index (χ3v) is 3.33. The summed E-state index contributed by atoms with van der Waals surface area (Å²) < 4.78 is 7.04. The number of hydrogen-bond acceptors (Lipinski definition) is 4. The first kappa shape index (κ1) is 15.1. The van der Waals surface area contributed by atoms with Crippen molar-refractivity contribution in [3.63, 3.8) is 0 Å². The van der Waals surface area contributed by atoms with Gasteiger partial charge in [0.25, 0.3) is 0 Å². The number of methoxy groups -OCH3 is 1. The Balaban J connectivity index is 2.51. The summed E-state index contributed by atoms with van der Waals surface area (Å²) in [6.45, 7) is 2.59. The molecule has 2 heterocycles. The van der Waals surface area contributed by atoms with Gasteiger partial charge in [-0.1, -0.05) is 6.07 Å². The topological polar surface area (TPSA) is 67.1 Å². The van der Waals surface area contributed by atoms with Crippen molar-refractivity contribution in [1.82, 2.24) is 9.38 Å². The van der Waals surface area contributed by atoms with Crippen LogP contribution in [0, 0.1) is 0 Å². The first-order valence-corrected chi connectivity index (χ1v) is 6.64. The largest absolute Gasteiger partial charge is 0.478 e. The molecule has 2 aromatic rings. The average Bonchev–Trinajstić information content (AvgIpc) is 2.83. The summed E-state index contributed by atoms with van der Waals surface area (Å²) in [5.74, 6) is -0.261. The monoisotopic (exact) mass is 289 g/mol. The number of anilines is 1. The first-order chi connectivity index (χ1) is 10.0. The second kappa shape index (κ2) is 6.41. The molecule has 0 spiro atoms. The van der Waals surface area contributed by atoms with Gasteiger partial charge in [-0.3, -0.25) is 4.40 Å². The highest BCUT2D eigenvalue weighted by molar-refractivity contribution is 5.86. The van der Waals surface area contributed by atoms with Gasteiger partial charge in [-0.2, -0.15) is 0 Å². The highest BCUT2D eigenvalue weighted by Gasteiger charge is 2.18. The third kappa shape index (κ3) is 3.22. The van der Waals surface area contributed by atoms with Crippen molar-refractivity contribution in [2.75, 3.05) is 25.7 Å². The van der Waals surface area contributed by atoms with E-state index in [2.05, 4.69) is 4.98 Å². The number of imidazole rings is 1. The molecular formula is C15H19N3O3. The average molecular weight is 289 g/mol. The molecule has 2 aromatic heterocycles. The molecule has 1 N–H and O–H groups in total. The van der Waals surface area contributed by atoms with Crippen LogP contribution in [0.2, 0.25) is 0 Å². The number of likely N-dealkylation sites (N-methyl/N-ethyl adjacent to an activating group) is 1. The summed E-state index contributed by atoms with van der Waals surface area (Å²) in [5.41, 5.74) is 1.51.